The van der Waals surface area contributed by atoms with Gasteiger partial charge in [0, 0.05) is 6.04 Å². The van der Waals surface area contributed by atoms with Crippen LogP contribution in [-0.4, -0.2) is 35.9 Å². The van der Waals surface area contributed by atoms with Crippen LogP contribution in [0.4, 0.5) is 5.69 Å². The van der Waals surface area contributed by atoms with Gasteiger partial charge in [0.2, 0.25) is 5.91 Å². The van der Waals surface area contributed by atoms with Crippen molar-refractivity contribution in [1.82, 2.24) is 5.32 Å². The largest absolute Gasteiger partial charge is 0.497 e. The van der Waals surface area contributed by atoms with Gasteiger partial charge in [-0.05, 0) is 73.7 Å². The van der Waals surface area contributed by atoms with Gasteiger partial charge in [-0.2, -0.15) is 0 Å². The highest BCUT2D eigenvalue weighted by Crippen LogP contribution is 2.31. The molecule has 2 aromatic rings. The van der Waals surface area contributed by atoms with E-state index in [1.165, 1.54) is 11.8 Å². The minimum atomic E-state index is -0.203. The second kappa shape index (κ2) is 8.98. The molecule has 31 heavy (non-hydrogen) atoms. The van der Waals surface area contributed by atoms with Gasteiger partial charge in [-0.1, -0.05) is 30.0 Å². The Bertz CT molecular complexity index is 1050. The minimum absolute atomic E-state index is 0.0318. The maximum absolute atomic E-state index is 13.3. The lowest BCUT2D eigenvalue weighted by Gasteiger charge is -2.19. The first kappa shape index (κ1) is 21.2. The van der Waals surface area contributed by atoms with Crippen molar-refractivity contribution in [2.24, 2.45) is 4.99 Å². The predicted octanol–water partition coefficient (Wildman–Crippen LogP) is 4.07. The Morgan fingerprint density at radius 1 is 1.19 bits per heavy atom. The van der Waals surface area contributed by atoms with Crippen LogP contribution >= 0.6 is 11.8 Å². The van der Waals surface area contributed by atoms with E-state index in [2.05, 4.69) is 16.4 Å². The molecule has 1 aliphatic carbocycles. The van der Waals surface area contributed by atoms with E-state index in [1.54, 1.807) is 18.1 Å². The summed E-state index contributed by atoms with van der Waals surface area (Å²) in [4.78, 5) is 31.7. The SMILES string of the molecule is COc1ccc(/C=C2\N=C(SCC(=O)NC3CC3)N(c3cc(C)cc(C)c3)C2=O)cc1. The molecule has 0 aromatic heterocycles. The van der Waals surface area contributed by atoms with Crippen molar-refractivity contribution in [2.75, 3.05) is 17.8 Å². The number of aliphatic imine (C=N–C) groups is 1. The van der Waals surface area contributed by atoms with Crippen molar-refractivity contribution in [3.8, 4) is 5.75 Å². The number of benzene rings is 2. The number of nitrogens with one attached hydrogen (secondary N) is 1. The molecule has 6 nitrogen and oxygen atoms in total. The topological polar surface area (TPSA) is 71.0 Å². The summed E-state index contributed by atoms with van der Waals surface area (Å²) >= 11 is 1.28. The Balaban J connectivity index is 1.62. The number of carbonyl (C=O) groups excluding carboxylic acids is 2. The minimum Gasteiger partial charge on any atom is -0.497 e. The number of amides is 2. The summed E-state index contributed by atoms with van der Waals surface area (Å²) in [5.74, 6) is 0.736. The molecule has 2 amide bonds. The number of carbonyl (C=O) groups is 2. The second-order valence-electron chi connectivity index (χ2n) is 7.81. The normalized spacial score (nSPS) is 17.1. The molecule has 0 atom stereocenters. The number of thioether (sulfide) groups is 1. The second-order valence-corrected chi connectivity index (χ2v) is 8.76. The van der Waals surface area contributed by atoms with Crippen molar-refractivity contribution in [3.63, 3.8) is 0 Å². The summed E-state index contributed by atoms with van der Waals surface area (Å²) in [7, 11) is 1.61. The van der Waals surface area contributed by atoms with Crippen LogP contribution in [0, 0.1) is 13.8 Å². The van der Waals surface area contributed by atoms with E-state index in [0.717, 1.165) is 41.0 Å². The molecule has 0 radical (unpaired) electrons. The van der Waals surface area contributed by atoms with E-state index in [9.17, 15) is 9.59 Å². The number of hydrogen-bond donors (Lipinski definition) is 1. The lowest BCUT2D eigenvalue weighted by atomic mass is 10.1. The van der Waals surface area contributed by atoms with Crippen molar-refractivity contribution in [2.45, 2.75) is 32.7 Å². The molecular weight excluding hydrogens is 410 g/mol. The van der Waals surface area contributed by atoms with Gasteiger partial charge in [-0.15, -0.1) is 0 Å². The monoisotopic (exact) mass is 435 g/mol. The zero-order valence-corrected chi connectivity index (χ0v) is 18.7. The molecule has 1 N–H and O–H groups in total. The van der Waals surface area contributed by atoms with Crippen LogP contribution in [0.3, 0.4) is 0 Å². The van der Waals surface area contributed by atoms with Gasteiger partial charge in [0.05, 0.1) is 18.6 Å². The van der Waals surface area contributed by atoms with Gasteiger partial charge >= 0.3 is 0 Å². The van der Waals surface area contributed by atoms with Gasteiger partial charge < -0.3 is 10.1 Å². The third-order valence-electron chi connectivity index (χ3n) is 4.99. The van der Waals surface area contributed by atoms with E-state index in [0.29, 0.717) is 16.9 Å². The molecule has 4 rings (SSSR count). The van der Waals surface area contributed by atoms with Crippen LogP contribution in [0.15, 0.2) is 53.2 Å². The van der Waals surface area contributed by atoms with Crippen molar-refractivity contribution >= 4 is 40.5 Å². The lowest BCUT2D eigenvalue weighted by Crippen LogP contribution is -2.33. The lowest BCUT2D eigenvalue weighted by molar-refractivity contribution is -0.118. The summed E-state index contributed by atoms with van der Waals surface area (Å²) in [5, 5.41) is 3.49. The van der Waals surface area contributed by atoms with Gasteiger partial charge in [-0.25, -0.2) is 4.99 Å². The fourth-order valence-electron chi connectivity index (χ4n) is 3.39. The standard InChI is InChI=1S/C24H25N3O3S/c1-15-10-16(2)12-19(11-15)27-23(29)21(13-17-4-8-20(30-3)9-5-17)26-24(27)31-14-22(28)25-18-6-7-18/h4-5,8-13,18H,6-7,14H2,1-3H3,(H,25,28)/b21-13-. The molecule has 2 aliphatic rings. The molecular formula is C24H25N3O3S. The highest BCUT2D eigenvalue weighted by Gasteiger charge is 2.33. The molecule has 0 spiro atoms. The number of aryl methyl sites for hydroxylation is 2. The molecule has 1 aliphatic heterocycles. The van der Waals surface area contributed by atoms with Crippen molar-refractivity contribution < 1.29 is 14.3 Å². The van der Waals surface area contributed by atoms with Crippen LogP contribution < -0.4 is 15.0 Å². The van der Waals surface area contributed by atoms with Crippen LogP contribution in [0.25, 0.3) is 6.08 Å². The number of amidine groups is 1. The fraction of sp³-hybridized carbons (Fsp3) is 0.292. The van der Waals surface area contributed by atoms with Crippen LogP contribution in [-0.2, 0) is 9.59 Å². The summed E-state index contributed by atoms with van der Waals surface area (Å²) < 4.78 is 5.20. The van der Waals surface area contributed by atoms with Gasteiger partial charge in [0.1, 0.15) is 11.4 Å². The van der Waals surface area contributed by atoms with Crippen molar-refractivity contribution in [1.29, 1.82) is 0 Å². The summed E-state index contributed by atoms with van der Waals surface area (Å²) in [6.45, 7) is 4.00. The Morgan fingerprint density at radius 3 is 2.48 bits per heavy atom. The summed E-state index contributed by atoms with van der Waals surface area (Å²) in [6, 6.07) is 13.7. The zero-order chi connectivity index (χ0) is 22.0. The number of anilines is 1. The molecule has 0 saturated heterocycles. The van der Waals surface area contributed by atoms with Gasteiger partial charge in [0.15, 0.2) is 5.17 Å². The Kier molecular flexibility index (Phi) is 6.13. The number of methoxy groups -OCH3 is 1. The molecule has 1 fully saturated rings. The van der Waals surface area contributed by atoms with Crippen LogP contribution in [0.2, 0.25) is 0 Å². The first-order valence-electron chi connectivity index (χ1n) is 10.2. The van der Waals surface area contributed by atoms with Gasteiger partial charge in [0.25, 0.3) is 5.91 Å². The van der Waals surface area contributed by atoms with E-state index in [4.69, 9.17) is 4.74 Å². The maximum Gasteiger partial charge on any atom is 0.283 e. The molecule has 1 heterocycles. The van der Waals surface area contributed by atoms with Crippen LogP contribution in [0.1, 0.15) is 29.5 Å². The average molecular weight is 436 g/mol. The molecule has 0 unspecified atom stereocenters. The van der Waals surface area contributed by atoms with Gasteiger partial charge in [-0.3, -0.25) is 14.5 Å². The molecule has 7 heteroatoms. The predicted molar refractivity (Wildman–Crippen MR) is 125 cm³/mol. The van der Waals surface area contributed by atoms with Crippen molar-refractivity contribution in [3.05, 3.63) is 64.9 Å². The van der Waals surface area contributed by atoms with E-state index in [-0.39, 0.29) is 17.6 Å². The number of ether oxygens (including phenoxy) is 1. The molecule has 2 aromatic carbocycles. The highest BCUT2D eigenvalue weighted by molar-refractivity contribution is 8.14. The number of nitrogens with zero attached hydrogens (tertiary/aromatic N) is 2. The first-order chi connectivity index (χ1) is 14.9. The van der Waals surface area contributed by atoms with E-state index < -0.39 is 0 Å². The van der Waals surface area contributed by atoms with E-state index in [1.807, 2.05) is 50.2 Å². The molecule has 1 saturated carbocycles. The smallest absolute Gasteiger partial charge is 0.283 e. The van der Waals surface area contributed by atoms with E-state index >= 15 is 0 Å². The third-order valence-corrected chi connectivity index (χ3v) is 5.93. The fourth-order valence-corrected chi connectivity index (χ4v) is 4.21. The first-order valence-corrected chi connectivity index (χ1v) is 11.2. The molecule has 160 valence electrons. The summed E-state index contributed by atoms with van der Waals surface area (Å²) in [6.07, 6.45) is 3.84. The Hall–Kier alpha value is -3.06. The highest BCUT2D eigenvalue weighted by atomic mass is 32.2. The van der Waals surface area contributed by atoms with Crippen LogP contribution in [0.5, 0.6) is 5.75 Å². The molecule has 0 bridgehead atoms. The maximum atomic E-state index is 13.3. The number of rotatable bonds is 6. The average Bonchev–Trinajstić information content (AvgIpc) is 3.49. The summed E-state index contributed by atoms with van der Waals surface area (Å²) in [5.41, 5.74) is 4.08. The quantitative estimate of drug-likeness (QED) is 0.695. The third kappa shape index (κ3) is 5.17. The number of hydrogen-bond acceptors (Lipinski definition) is 5. The zero-order valence-electron chi connectivity index (χ0n) is 17.8. The Morgan fingerprint density at radius 2 is 1.87 bits per heavy atom. The Labute approximate surface area is 186 Å².